The molecule has 5 nitrogen and oxygen atoms in total. The Morgan fingerprint density at radius 3 is 3.00 bits per heavy atom. The van der Waals surface area contributed by atoms with Crippen molar-refractivity contribution in [3.8, 4) is 11.5 Å². The number of phenols is 1. The summed E-state index contributed by atoms with van der Waals surface area (Å²) in [4.78, 5) is 14.1. The quantitative estimate of drug-likeness (QED) is 0.843. The minimum atomic E-state index is -0.0921. The minimum absolute atomic E-state index is 0.0299. The molecule has 21 heavy (non-hydrogen) atoms. The van der Waals surface area contributed by atoms with E-state index in [-0.39, 0.29) is 17.6 Å². The zero-order valence-corrected chi connectivity index (χ0v) is 12.7. The molecule has 0 radical (unpaired) electrons. The van der Waals surface area contributed by atoms with Crippen LogP contribution in [0, 0.1) is 5.92 Å². The molecule has 1 heterocycles. The Morgan fingerprint density at radius 2 is 2.29 bits per heavy atom. The summed E-state index contributed by atoms with van der Waals surface area (Å²) in [6.45, 7) is 4.71. The van der Waals surface area contributed by atoms with Crippen molar-refractivity contribution in [3.63, 3.8) is 0 Å². The summed E-state index contributed by atoms with van der Waals surface area (Å²) in [5.41, 5.74) is 1.06. The average Bonchev–Trinajstić information content (AvgIpc) is 2.50. The van der Waals surface area contributed by atoms with Crippen LogP contribution in [-0.2, 0) is 16.1 Å². The van der Waals surface area contributed by atoms with E-state index in [2.05, 4.69) is 4.90 Å². The summed E-state index contributed by atoms with van der Waals surface area (Å²) in [5.74, 6) is 0.499. The van der Waals surface area contributed by atoms with Crippen molar-refractivity contribution in [2.45, 2.75) is 26.3 Å². The predicted molar refractivity (Wildman–Crippen MR) is 79.3 cm³/mol. The number of rotatable bonds is 5. The summed E-state index contributed by atoms with van der Waals surface area (Å²) in [7, 11) is 1.54. The van der Waals surface area contributed by atoms with Crippen LogP contribution >= 0.6 is 0 Å². The number of nitrogens with zero attached hydrogens (tertiary/aromatic N) is 1. The van der Waals surface area contributed by atoms with Gasteiger partial charge in [0.1, 0.15) is 0 Å². The maximum Gasteiger partial charge on any atom is 0.310 e. The van der Waals surface area contributed by atoms with Crippen LogP contribution in [0.3, 0.4) is 0 Å². The molecule has 1 aromatic carbocycles. The SMILES string of the molecule is CCOC(=O)[C@@H]1CCCN(Cc2ccc(O)c(OC)c2)C1. The van der Waals surface area contributed by atoms with Gasteiger partial charge in [0.05, 0.1) is 19.6 Å². The highest BCUT2D eigenvalue weighted by Gasteiger charge is 2.26. The number of hydrogen-bond donors (Lipinski definition) is 1. The van der Waals surface area contributed by atoms with E-state index >= 15 is 0 Å². The molecular formula is C16H23NO4. The lowest BCUT2D eigenvalue weighted by molar-refractivity contribution is -0.150. The molecule has 1 atom stereocenters. The molecule has 0 unspecified atom stereocenters. The van der Waals surface area contributed by atoms with Gasteiger partial charge in [-0.1, -0.05) is 6.07 Å². The smallest absolute Gasteiger partial charge is 0.310 e. The van der Waals surface area contributed by atoms with Crippen LogP contribution in [-0.4, -0.2) is 42.8 Å². The minimum Gasteiger partial charge on any atom is -0.504 e. The van der Waals surface area contributed by atoms with Gasteiger partial charge in [-0.15, -0.1) is 0 Å². The van der Waals surface area contributed by atoms with Gasteiger partial charge >= 0.3 is 5.97 Å². The molecule has 1 saturated heterocycles. The molecule has 1 N–H and O–H groups in total. The fourth-order valence-corrected chi connectivity index (χ4v) is 2.73. The molecule has 0 saturated carbocycles. The van der Waals surface area contributed by atoms with Crippen LogP contribution in [0.15, 0.2) is 18.2 Å². The fraction of sp³-hybridized carbons (Fsp3) is 0.562. The van der Waals surface area contributed by atoms with Crippen LogP contribution in [0.2, 0.25) is 0 Å². The van der Waals surface area contributed by atoms with E-state index in [0.29, 0.717) is 12.4 Å². The number of carbonyl (C=O) groups is 1. The highest BCUT2D eigenvalue weighted by Crippen LogP contribution is 2.27. The summed E-state index contributed by atoms with van der Waals surface area (Å²) in [6.07, 6.45) is 1.90. The van der Waals surface area contributed by atoms with Crippen molar-refractivity contribution in [2.75, 3.05) is 26.8 Å². The number of aromatic hydroxyl groups is 1. The number of ether oxygens (including phenoxy) is 2. The first-order chi connectivity index (χ1) is 10.1. The van der Waals surface area contributed by atoms with E-state index in [9.17, 15) is 9.90 Å². The zero-order chi connectivity index (χ0) is 15.2. The lowest BCUT2D eigenvalue weighted by Gasteiger charge is -2.31. The molecule has 1 aromatic rings. The molecular weight excluding hydrogens is 270 g/mol. The van der Waals surface area contributed by atoms with Crippen molar-refractivity contribution in [1.82, 2.24) is 4.90 Å². The summed E-state index contributed by atoms with van der Waals surface area (Å²) >= 11 is 0. The Hall–Kier alpha value is -1.75. The monoisotopic (exact) mass is 293 g/mol. The number of benzene rings is 1. The second kappa shape index (κ2) is 7.31. The largest absolute Gasteiger partial charge is 0.504 e. The lowest BCUT2D eigenvalue weighted by atomic mass is 9.97. The van der Waals surface area contributed by atoms with E-state index in [1.807, 2.05) is 19.1 Å². The molecule has 0 aliphatic carbocycles. The van der Waals surface area contributed by atoms with E-state index in [1.54, 1.807) is 6.07 Å². The molecule has 0 amide bonds. The maximum atomic E-state index is 11.8. The third-order valence-electron chi connectivity index (χ3n) is 3.78. The Kier molecular flexibility index (Phi) is 5.44. The molecule has 0 bridgehead atoms. The number of likely N-dealkylation sites (tertiary alicyclic amines) is 1. The first kappa shape index (κ1) is 15.6. The second-order valence-corrected chi connectivity index (χ2v) is 5.33. The lowest BCUT2D eigenvalue weighted by Crippen LogP contribution is -2.38. The molecule has 1 fully saturated rings. The third-order valence-corrected chi connectivity index (χ3v) is 3.78. The number of hydrogen-bond acceptors (Lipinski definition) is 5. The van der Waals surface area contributed by atoms with Gasteiger partial charge in [0, 0.05) is 13.1 Å². The normalized spacial score (nSPS) is 19.2. The molecule has 1 aliphatic heterocycles. The van der Waals surface area contributed by atoms with Crippen LogP contribution in [0.1, 0.15) is 25.3 Å². The Bertz CT molecular complexity index is 489. The van der Waals surface area contributed by atoms with Crippen LogP contribution < -0.4 is 4.74 Å². The van der Waals surface area contributed by atoms with Crippen LogP contribution in [0.25, 0.3) is 0 Å². The molecule has 1 aliphatic rings. The number of phenolic OH excluding ortho intramolecular Hbond substituents is 1. The Labute approximate surface area is 125 Å². The van der Waals surface area contributed by atoms with Gasteiger partial charge in [0.15, 0.2) is 11.5 Å². The first-order valence-corrected chi connectivity index (χ1v) is 7.39. The Balaban J connectivity index is 1.97. The van der Waals surface area contributed by atoms with Crippen molar-refractivity contribution >= 4 is 5.97 Å². The van der Waals surface area contributed by atoms with Crippen molar-refractivity contribution in [1.29, 1.82) is 0 Å². The summed E-state index contributed by atoms with van der Waals surface area (Å²) < 4.78 is 10.2. The average molecular weight is 293 g/mol. The van der Waals surface area contributed by atoms with Crippen molar-refractivity contribution < 1.29 is 19.4 Å². The highest BCUT2D eigenvalue weighted by atomic mass is 16.5. The molecule has 2 rings (SSSR count). The topological polar surface area (TPSA) is 59.0 Å². The highest BCUT2D eigenvalue weighted by molar-refractivity contribution is 5.72. The van der Waals surface area contributed by atoms with E-state index in [0.717, 1.165) is 38.0 Å². The standard InChI is InChI=1S/C16H23NO4/c1-3-21-16(19)13-5-4-8-17(11-13)10-12-6-7-14(18)15(9-12)20-2/h6-7,9,13,18H,3-5,8,10-11H2,1-2H3/t13-/m1/s1. The molecule has 0 spiro atoms. The second-order valence-electron chi connectivity index (χ2n) is 5.33. The van der Waals surface area contributed by atoms with Crippen LogP contribution in [0.4, 0.5) is 0 Å². The molecule has 5 heteroatoms. The molecule has 116 valence electrons. The van der Waals surface area contributed by atoms with Gasteiger partial charge in [0.25, 0.3) is 0 Å². The van der Waals surface area contributed by atoms with E-state index < -0.39 is 0 Å². The van der Waals surface area contributed by atoms with Gasteiger partial charge in [-0.05, 0) is 44.0 Å². The Morgan fingerprint density at radius 1 is 1.48 bits per heavy atom. The predicted octanol–water partition coefficient (Wildman–Crippen LogP) is 2.18. The zero-order valence-electron chi connectivity index (χ0n) is 12.7. The maximum absolute atomic E-state index is 11.8. The van der Waals surface area contributed by atoms with Gasteiger partial charge in [-0.2, -0.15) is 0 Å². The number of piperidine rings is 1. The van der Waals surface area contributed by atoms with Gasteiger partial charge in [-0.3, -0.25) is 9.69 Å². The number of methoxy groups -OCH3 is 1. The van der Waals surface area contributed by atoms with Gasteiger partial charge < -0.3 is 14.6 Å². The molecule has 0 aromatic heterocycles. The number of carbonyl (C=O) groups excluding carboxylic acids is 1. The summed E-state index contributed by atoms with van der Waals surface area (Å²) in [6, 6.07) is 5.36. The fourth-order valence-electron chi connectivity index (χ4n) is 2.73. The summed E-state index contributed by atoms with van der Waals surface area (Å²) in [5, 5.41) is 9.61. The van der Waals surface area contributed by atoms with Gasteiger partial charge in [-0.25, -0.2) is 0 Å². The third kappa shape index (κ3) is 4.11. The van der Waals surface area contributed by atoms with E-state index in [1.165, 1.54) is 7.11 Å². The first-order valence-electron chi connectivity index (χ1n) is 7.39. The van der Waals surface area contributed by atoms with Crippen molar-refractivity contribution in [2.24, 2.45) is 5.92 Å². The number of esters is 1. The van der Waals surface area contributed by atoms with Crippen LogP contribution in [0.5, 0.6) is 11.5 Å². The van der Waals surface area contributed by atoms with Gasteiger partial charge in [0.2, 0.25) is 0 Å². The van der Waals surface area contributed by atoms with Crippen molar-refractivity contribution in [3.05, 3.63) is 23.8 Å². The van der Waals surface area contributed by atoms with E-state index in [4.69, 9.17) is 9.47 Å².